The van der Waals surface area contributed by atoms with E-state index in [1.165, 1.54) is 10.2 Å². The largest absolute Gasteiger partial charge is 0.346 e. The van der Waals surface area contributed by atoms with Gasteiger partial charge in [0, 0.05) is 25.5 Å². The second-order valence-electron chi connectivity index (χ2n) is 5.81. The number of carbonyl (C=O) groups excluding carboxylic acids is 1. The second kappa shape index (κ2) is 5.79. The minimum absolute atomic E-state index is 0.0909. The van der Waals surface area contributed by atoms with Crippen molar-refractivity contribution in [2.24, 2.45) is 0 Å². The molecule has 116 valence electrons. The lowest BCUT2D eigenvalue weighted by Crippen LogP contribution is -2.40. The Morgan fingerprint density at radius 1 is 1.04 bits per heavy atom. The van der Waals surface area contributed by atoms with Gasteiger partial charge in [-0.05, 0) is 48.6 Å². The zero-order valence-corrected chi connectivity index (χ0v) is 12.7. The highest BCUT2D eigenvalue weighted by Gasteiger charge is 2.26. The Morgan fingerprint density at radius 3 is 2.57 bits per heavy atom. The first-order chi connectivity index (χ1) is 11.3. The van der Waals surface area contributed by atoms with Crippen molar-refractivity contribution in [3.8, 4) is 0 Å². The molecule has 0 N–H and O–H groups in total. The van der Waals surface area contributed by atoms with E-state index in [0.29, 0.717) is 5.92 Å². The van der Waals surface area contributed by atoms with Crippen molar-refractivity contribution in [1.82, 2.24) is 24.9 Å². The molecule has 1 aliphatic rings. The number of benzene rings is 1. The SMILES string of the molecule is O=C(N1CCC(c2ccncc2)CC1)n1nnc2ccccc21. The molecule has 2 aromatic heterocycles. The molecule has 0 unspecified atom stereocenters. The molecular formula is C17H17N5O. The second-order valence-corrected chi connectivity index (χ2v) is 5.81. The summed E-state index contributed by atoms with van der Waals surface area (Å²) in [6, 6.07) is 11.6. The van der Waals surface area contributed by atoms with E-state index < -0.39 is 0 Å². The molecular weight excluding hydrogens is 290 g/mol. The Morgan fingerprint density at radius 2 is 1.78 bits per heavy atom. The Labute approximate surface area is 133 Å². The summed E-state index contributed by atoms with van der Waals surface area (Å²) in [5, 5.41) is 8.07. The Bertz CT molecular complexity index is 821. The molecule has 0 aliphatic carbocycles. The van der Waals surface area contributed by atoms with Crippen molar-refractivity contribution in [3.63, 3.8) is 0 Å². The lowest BCUT2D eigenvalue weighted by Gasteiger charge is -2.31. The maximum Gasteiger partial charge on any atom is 0.346 e. The number of likely N-dealkylation sites (tertiary alicyclic amines) is 1. The van der Waals surface area contributed by atoms with Crippen LogP contribution in [0.25, 0.3) is 11.0 Å². The number of para-hydroxylation sites is 1. The first kappa shape index (κ1) is 13.9. The molecule has 0 atom stereocenters. The van der Waals surface area contributed by atoms with Gasteiger partial charge >= 0.3 is 6.03 Å². The number of aromatic nitrogens is 4. The lowest BCUT2D eigenvalue weighted by molar-refractivity contribution is 0.180. The summed E-state index contributed by atoms with van der Waals surface area (Å²) in [6.45, 7) is 1.47. The van der Waals surface area contributed by atoms with Crippen LogP contribution in [0.1, 0.15) is 24.3 Å². The average Bonchev–Trinajstić information content (AvgIpc) is 3.06. The first-order valence-corrected chi connectivity index (χ1v) is 7.82. The number of pyridine rings is 1. The molecule has 0 bridgehead atoms. The average molecular weight is 307 g/mol. The first-order valence-electron chi connectivity index (χ1n) is 7.82. The maximum absolute atomic E-state index is 12.7. The highest BCUT2D eigenvalue weighted by molar-refractivity contribution is 5.87. The number of rotatable bonds is 1. The van der Waals surface area contributed by atoms with E-state index >= 15 is 0 Å². The van der Waals surface area contributed by atoms with Crippen LogP contribution >= 0.6 is 0 Å². The van der Waals surface area contributed by atoms with E-state index in [2.05, 4.69) is 27.4 Å². The van der Waals surface area contributed by atoms with Gasteiger partial charge in [0.15, 0.2) is 0 Å². The molecule has 6 heteroatoms. The van der Waals surface area contributed by atoms with Crippen molar-refractivity contribution in [2.45, 2.75) is 18.8 Å². The van der Waals surface area contributed by atoms with E-state index in [-0.39, 0.29) is 6.03 Å². The number of carbonyl (C=O) groups is 1. The van der Waals surface area contributed by atoms with Gasteiger partial charge in [-0.1, -0.05) is 17.3 Å². The van der Waals surface area contributed by atoms with Crippen molar-refractivity contribution in [2.75, 3.05) is 13.1 Å². The van der Waals surface area contributed by atoms with Gasteiger partial charge in [-0.25, -0.2) is 4.79 Å². The molecule has 3 heterocycles. The Kier molecular flexibility index (Phi) is 3.49. The van der Waals surface area contributed by atoms with Gasteiger partial charge in [-0.2, -0.15) is 4.68 Å². The van der Waals surface area contributed by atoms with Crippen molar-refractivity contribution in [3.05, 3.63) is 54.4 Å². The van der Waals surface area contributed by atoms with Crippen LogP contribution in [0, 0.1) is 0 Å². The van der Waals surface area contributed by atoms with Crippen LogP contribution in [0.15, 0.2) is 48.8 Å². The van der Waals surface area contributed by atoms with Crippen molar-refractivity contribution >= 4 is 17.1 Å². The maximum atomic E-state index is 12.7. The monoisotopic (exact) mass is 307 g/mol. The fourth-order valence-electron chi connectivity index (χ4n) is 3.18. The van der Waals surface area contributed by atoms with Crippen LogP contribution in [0.3, 0.4) is 0 Å². The van der Waals surface area contributed by atoms with Crippen LogP contribution in [0.4, 0.5) is 4.79 Å². The highest BCUT2D eigenvalue weighted by atomic mass is 16.2. The van der Waals surface area contributed by atoms with Crippen LogP contribution in [-0.4, -0.2) is 44.0 Å². The number of nitrogens with zero attached hydrogens (tertiary/aromatic N) is 5. The third kappa shape index (κ3) is 2.56. The number of piperidine rings is 1. The van der Waals surface area contributed by atoms with E-state index in [1.807, 2.05) is 41.6 Å². The van der Waals surface area contributed by atoms with Crippen molar-refractivity contribution in [1.29, 1.82) is 0 Å². The summed E-state index contributed by atoms with van der Waals surface area (Å²) in [5.41, 5.74) is 2.81. The summed E-state index contributed by atoms with van der Waals surface area (Å²) in [4.78, 5) is 18.6. The fraction of sp³-hybridized carbons (Fsp3) is 0.294. The summed E-state index contributed by atoms with van der Waals surface area (Å²) < 4.78 is 1.40. The summed E-state index contributed by atoms with van der Waals surface area (Å²) in [5.74, 6) is 0.495. The van der Waals surface area contributed by atoms with Gasteiger partial charge in [-0.3, -0.25) is 4.98 Å². The quantitative estimate of drug-likeness (QED) is 0.693. The summed E-state index contributed by atoms with van der Waals surface area (Å²) in [6.07, 6.45) is 5.58. The molecule has 1 fully saturated rings. The predicted molar refractivity (Wildman–Crippen MR) is 86.1 cm³/mol. The number of fused-ring (bicyclic) bond motifs is 1. The van der Waals surface area contributed by atoms with E-state index in [0.717, 1.165) is 37.0 Å². The molecule has 0 spiro atoms. The van der Waals surface area contributed by atoms with Crippen LogP contribution in [-0.2, 0) is 0 Å². The third-order valence-electron chi connectivity index (χ3n) is 4.48. The Balaban J connectivity index is 1.49. The zero-order chi connectivity index (χ0) is 15.6. The molecule has 1 amide bonds. The summed E-state index contributed by atoms with van der Waals surface area (Å²) >= 11 is 0. The van der Waals surface area contributed by atoms with Gasteiger partial charge in [0.1, 0.15) is 5.52 Å². The fourth-order valence-corrected chi connectivity index (χ4v) is 3.18. The van der Waals surface area contributed by atoms with Crippen LogP contribution in [0.5, 0.6) is 0 Å². The zero-order valence-electron chi connectivity index (χ0n) is 12.7. The lowest BCUT2D eigenvalue weighted by atomic mass is 9.90. The van der Waals surface area contributed by atoms with Gasteiger partial charge < -0.3 is 4.90 Å². The molecule has 1 aliphatic heterocycles. The predicted octanol–water partition coefficient (Wildman–Crippen LogP) is 2.67. The normalized spacial score (nSPS) is 15.9. The number of hydrogen-bond donors (Lipinski definition) is 0. The summed E-state index contributed by atoms with van der Waals surface area (Å²) in [7, 11) is 0. The van der Waals surface area contributed by atoms with E-state index in [9.17, 15) is 4.79 Å². The standard InChI is InChI=1S/C17H17N5O/c23-17(22-16-4-2-1-3-15(16)19-20-22)21-11-7-14(8-12-21)13-5-9-18-10-6-13/h1-6,9-10,14H,7-8,11-12H2. The molecule has 23 heavy (non-hydrogen) atoms. The molecule has 4 rings (SSSR count). The number of hydrogen-bond acceptors (Lipinski definition) is 4. The molecule has 6 nitrogen and oxygen atoms in total. The molecule has 0 saturated carbocycles. The third-order valence-corrected chi connectivity index (χ3v) is 4.48. The van der Waals surface area contributed by atoms with Gasteiger partial charge in [0.25, 0.3) is 0 Å². The minimum Gasteiger partial charge on any atom is -0.323 e. The minimum atomic E-state index is -0.0909. The molecule has 3 aromatic rings. The van der Waals surface area contributed by atoms with Crippen LogP contribution in [0.2, 0.25) is 0 Å². The molecule has 0 radical (unpaired) electrons. The van der Waals surface area contributed by atoms with E-state index in [4.69, 9.17) is 0 Å². The molecule has 1 aromatic carbocycles. The molecule has 1 saturated heterocycles. The van der Waals surface area contributed by atoms with Gasteiger partial charge in [0.05, 0.1) is 5.52 Å². The van der Waals surface area contributed by atoms with E-state index in [1.54, 1.807) is 0 Å². The van der Waals surface area contributed by atoms with Gasteiger partial charge in [0.2, 0.25) is 0 Å². The van der Waals surface area contributed by atoms with Gasteiger partial charge in [-0.15, -0.1) is 5.10 Å². The van der Waals surface area contributed by atoms with Crippen molar-refractivity contribution < 1.29 is 4.79 Å². The highest BCUT2D eigenvalue weighted by Crippen LogP contribution is 2.27. The topological polar surface area (TPSA) is 63.9 Å². The smallest absolute Gasteiger partial charge is 0.323 e. The Hall–Kier alpha value is -2.76. The number of amides is 1. The van der Waals surface area contributed by atoms with Crippen LogP contribution < -0.4 is 0 Å².